The topological polar surface area (TPSA) is 56.2 Å². The number of imidazole rings is 1. The maximum atomic E-state index is 11.2. The largest absolute Gasteiger partial charge is 0.497 e. The van der Waals surface area contributed by atoms with Gasteiger partial charge in [-0.15, -0.1) is 0 Å². The van der Waals surface area contributed by atoms with Gasteiger partial charge in [-0.1, -0.05) is 0 Å². The van der Waals surface area contributed by atoms with Crippen molar-refractivity contribution >= 4 is 29.2 Å². The van der Waals surface area contributed by atoms with Crippen LogP contribution >= 0.6 is 12.2 Å². The summed E-state index contributed by atoms with van der Waals surface area (Å²) < 4.78 is 12.3. The summed E-state index contributed by atoms with van der Waals surface area (Å²) in [4.78, 5) is 14.3. The molecule has 0 saturated carbocycles. The van der Waals surface area contributed by atoms with Crippen LogP contribution in [-0.4, -0.2) is 29.7 Å². The molecule has 0 aliphatic heterocycles. The minimum Gasteiger partial charge on any atom is -0.497 e. The molecule has 0 saturated heterocycles. The molecule has 18 heavy (non-hydrogen) atoms. The zero-order valence-corrected chi connectivity index (χ0v) is 11.0. The van der Waals surface area contributed by atoms with Crippen molar-refractivity contribution in [2.45, 2.75) is 13.0 Å². The van der Waals surface area contributed by atoms with E-state index in [1.54, 1.807) is 7.11 Å². The summed E-state index contributed by atoms with van der Waals surface area (Å²) in [6, 6.07) is 5.65. The van der Waals surface area contributed by atoms with Crippen LogP contribution in [0.4, 0.5) is 0 Å². The van der Waals surface area contributed by atoms with Crippen LogP contribution < -0.4 is 4.74 Å². The smallest absolute Gasteiger partial charge is 0.307 e. The molecule has 0 aliphatic carbocycles. The molecule has 0 bridgehead atoms. The summed E-state index contributed by atoms with van der Waals surface area (Å²) in [6.45, 7) is 0.485. The number of rotatable bonds is 4. The lowest BCUT2D eigenvalue weighted by Gasteiger charge is -2.04. The highest BCUT2D eigenvalue weighted by atomic mass is 32.1. The van der Waals surface area contributed by atoms with Crippen LogP contribution in [0.5, 0.6) is 5.75 Å². The van der Waals surface area contributed by atoms with Crippen molar-refractivity contribution in [2.75, 3.05) is 14.2 Å². The minimum atomic E-state index is -0.255. The summed E-state index contributed by atoms with van der Waals surface area (Å²) in [5, 5.41) is 0. The van der Waals surface area contributed by atoms with Crippen molar-refractivity contribution in [1.82, 2.24) is 9.55 Å². The van der Waals surface area contributed by atoms with E-state index in [2.05, 4.69) is 9.72 Å². The summed E-state index contributed by atoms with van der Waals surface area (Å²) in [6.07, 6.45) is 0.287. The molecule has 2 rings (SSSR count). The Hall–Kier alpha value is -1.82. The normalized spacial score (nSPS) is 10.6. The molecule has 0 atom stereocenters. The molecule has 0 spiro atoms. The zero-order valence-electron chi connectivity index (χ0n) is 10.2. The molecule has 1 aromatic carbocycles. The van der Waals surface area contributed by atoms with Crippen LogP contribution in [0.15, 0.2) is 18.2 Å². The molecule has 6 heteroatoms. The molecule has 0 fully saturated rings. The molecular weight excluding hydrogens is 252 g/mol. The van der Waals surface area contributed by atoms with Gasteiger partial charge in [-0.2, -0.15) is 0 Å². The molecule has 96 valence electrons. The third-order valence-corrected chi connectivity index (χ3v) is 3.07. The standard InChI is InChI=1S/C12H14N2O3S/c1-16-8-3-4-9-10(7-8)14(12(18)13-9)6-5-11(15)17-2/h3-4,7H,5-6H2,1-2H3,(H,13,18). The molecule has 0 unspecified atom stereocenters. The molecule has 1 heterocycles. The molecule has 2 aromatic rings. The Labute approximate surface area is 109 Å². The number of hydrogen-bond acceptors (Lipinski definition) is 4. The first-order chi connectivity index (χ1) is 8.65. The molecule has 0 radical (unpaired) electrons. The second-order valence-electron chi connectivity index (χ2n) is 3.79. The highest BCUT2D eigenvalue weighted by Crippen LogP contribution is 2.20. The summed E-state index contributed by atoms with van der Waals surface area (Å²) >= 11 is 5.24. The van der Waals surface area contributed by atoms with E-state index >= 15 is 0 Å². The number of fused-ring (bicyclic) bond motifs is 1. The summed E-state index contributed by atoms with van der Waals surface area (Å²) in [5.74, 6) is 0.498. The van der Waals surface area contributed by atoms with E-state index in [1.807, 2.05) is 22.8 Å². The average Bonchev–Trinajstić information content (AvgIpc) is 2.70. The van der Waals surface area contributed by atoms with Gasteiger partial charge in [-0.05, 0) is 24.4 Å². The molecule has 1 N–H and O–H groups in total. The van der Waals surface area contributed by atoms with Gasteiger partial charge < -0.3 is 19.0 Å². The van der Waals surface area contributed by atoms with Crippen molar-refractivity contribution in [3.8, 4) is 5.75 Å². The van der Waals surface area contributed by atoms with Gasteiger partial charge in [0.1, 0.15) is 5.75 Å². The molecular formula is C12H14N2O3S. The fourth-order valence-electron chi connectivity index (χ4n) is 1.79. The monoisotopic (exact) mass is 266 g/mol. The molecule has 0 aliphatic rings. The first-order valence-electron chi connectivity index (χ1n) is 5.49. The average molecular weight is 266 g/mol. The van der Waals surface area contributed by atoms with Crippen LogP contribution in [0.1, 0.15) is 6.42 Å². The predicted molar refractivity (Wildman–Crippen MR) is 70.3 cm³/mol. The van der Waals surface area contributed by atoms with Gasteiger partial charge in [0.25, 0.3) is 0 Å². The van der Waals surface area contributed by atoms with Gasteiger partial charge in [-0.25, -0.2) is 0 Å². The fourth-order valence-corrected chi connectivity index (χ4v) is 2.09. The number of esters is 1. The van der Waals surface area contributed by atoms with Crippen molar-refractivity contribution in [3.63, 3.8) is 0 Å². The SMILES string of the molecule is COC(=O)CCn1c(=S)[nH]c2ccc(OC)cc21. The van der Waals surface area contributed by atoms with E-state index in [9.17, 15) is 4.79 Å². The van der Waals surface area contributed by atoms with Crippen LogP contribution in [0, 0.1) is 4.77 Å². The Balaban J connectivity index is 2.39. The third-order valence-electron chi connectivity index (χ3n) is 2.75. The summed E-state index contributed by atoms with van der Waals surface area (Å²) in [5.41, 5.74) is 1.84. The van der Waals surface area contributed by atoms with E-state index < -0.39 is 0 Å². The lowest BCUT2D eigenvalue weighted by atomic mass is 10.3. The number of carbonyl (C=O) groups is 1. The Bertz CT molecular complexity index is 630. The third kappa shape index (κ3) is 2.38. The van der Waals surface area contributed by atoms with Crippen molar-refractivity contribution < 1.29 is 14.3 Å². The second-order valence-corrected chi connectivity index (χ2v) is 4.18. The zero-order chi connectivity index (χ0) is 13.1. The lowest BCUT2D eigenvalue weighted by molar-refractivity contribution is -0.140. The van der Waals surface area contributed by atoms with Gasteiger partial charge in [-0.3, -0.25) is 4.79 Å². The predicted octanol–water partition coefficient (Wildman–Crippen LogP) is 2.27. The highest BCUT2D eigenvalue weighted by Gasteiger charge is 2.08. The van der Waals surface area contributed by atoms with Gasteiger partial charge in [0.05, 0.1) is 31.7 Å². The lowest BCUT2D eigenvalue weighted by Crippen LogP contribution is -2.07. The Morgan fingerprint density at radius 1 is 1.44 bits per heavy atom. The van der Waals surface area contributed by atoms with Gasteiger partial charge in [0.15, 0.2) is 4.77 Å². The maximum absolute atomic E-state index is 11.2. The van der Waals surface area contributed by atoms with E-state index in [-0.39, 0.29) is 12.4 Å². The quantitative estimate of drug-likeness (QED) is 0.681. The number of nitrogens with zero attached hydrogens (tertiary/aromatic N) is 1. The molecule has 5 nitrogen and oxygen atoms in total. The second kappa shape index (κ2) is 5.22. The van der Waals surface area contributed by atoms with E-state index in [4.69, 9.17) is 17.0 Å². The number of aromatic nitrogens is 2. The number of hydrogen-bond donors (Lipinski definition) is 1. The molecule has 0 amide bonds. The van der Waals surface area contributed by atoms with Crippen molar-refractivity contribution in [2.24, 2.45) is 0 Å². The number of aryl methyl sites for hydroxylation is 1. The van der Waals surface area contributed by atoms with Gasteiger partial charge in [0, 0.05) is 12.6 Å². The van der Waals surface area contributed by atoms with Crippen LogP contribution in [0.3, 0.4) is 0 Å². The van der Waals surface area contributed by atoms with E-state index in [1.165, 1.54) is 7.11 Å². The summed E-state index contributed by atoms with van der Waals surface area (Å²) in [7, 11) is 2.99. The Morgan fingerprint density at radius 2 is 2.22 bits per heavy atom. The number of ether oxygens (including phenoxy) is 2. The Morgan fingerprint density at radius 3 is 2.89 bits per heavy atom. The number of H-pyrrole nitrogens is 1. The van der Waals surface area contributed by atoms with Crippen LogP contribution in [0.2, 0.25) is 0 Å². The first-order valence-corrected chi connectivity index (χ1v) is 5.90. The van der Waals surface area contributed by atoms with Gasteiger partial charge in [0.2, 0.25) is 0 Å². The number of benzene rings is 1. The minimum absolute atomic E-state index is 0.255. The number of nitrogens with one attached hydrogen (secondary N) is 1. The van der Waals surface area contributed by atoms with E-state index in [0.717, 1.165) is 16.8 Å². The number of carbonyl (C=O) groups excluding carboxylic acids is 1. The number of methoxy groups -OCH3 is 2. The number of aromatic amines is 1. The first kappa shape index (κ1) is 12.6. The van der Waals surface area contributed by atoms with E-state index in [0.29, 0.717) is 11.3 Å². The van der Waals surface area contributed by atoms with Crippen LogP contribution in [0.25, 0.3) is 11.0 Å². The van der Waals surface area contributed by atoms with Gasteiger partial charge >= 0.3 is 5.97 Å². The molecule has 1 aromatic heterocycles. The Kier molecular flexibility index (Phi) is 3.66. The maximum Gasteiger partial charge on any atom is 0.307 e. The van der Waals surface area contributed by atoms with Crippen molar-refractivity contribution in [3.05, 3.63) is 23.0 Å². The fraction of sp³-hybridized carbons (Fsp3) is 0.333. The van der Waals surface area contributed by atoms with Crippen LogP contribution in [-0.2, 0) is 16.1 Å². The van der Waals surface area contributed by atoms with Crippen molar-refractivity contribution in [1.29, 1.82) is 0 Å². The highest BCUT2D eigenvalue weighted by molar-refractivity contribution is 7.71.